The van der Waals surface area contributed by atoms with Gasteiger partial charge in [0.05, 0.1) is 28.6 Å². The Morgan fingerprint density at radius 1 is 1.20 bits per heavy atom. The molecule has 0 saturated carbocycles. The number of fused-ring (bicyclic) bond motifs is 1. The van der Waals surface area contributed by atoms with Crippen LogP contribution < -0.4 is 9.61 Å². The molecule has 136 valence electrons. The Hall–Kier alpha value is -1.11. The second-order valence-electron chi connectivity index (χ2n) is 7.07. The van der Waals surface area contributed by atoms with Crippen LogP contribution in [0.25, 0.3) is 10.8 Å². The van der Waals surface area contributed by atoms with Crippen molar-refractivity contribution in [1.29, 1.82) is 0 Å². The zero-order chi connectivity index (χ0) is 18.7. The third kappa shape index (κ3) is 6.28. The number of hydrogen-bond acceptors (Lipinski definition) is 4. The average molecular weight is 475 g/mol. The van der Waals surface area contributed by atoms with Gasteiger partial charge >= 0.3 is 11.1 Å². The van der Waals surface area contributed by atoms with E-state index in [2.05, 4.69) is 5.09 Å². The molecule has 0 aliphatic rings. The van der Waals surface area contributed by atoms with Crippen molar-refractivity contribution >= 4 is 43.9 Å². The van der Waals surface area contributed by atoms with Crippen LogP contribution in [0.4, 0.5) is 0 Å². The van der Waals surface area contributed by atoms with E-state index in [9.17, 15) is 9.36 Å². The zero-order valence-corrected chi connectivity index (χ0v) is 17.8. The van der Waals surface area contributed by atoms with E-state index in [-0.39, 0.29) is 5.41 Å². The first-order valence-electron chi connectivity index (χ1n) is 7.99. The van der Waals surface area contributed by atoms with E-state index in [4.69, 9.17) is 9.26 Å². The van der Waals surface area contributed by atoms with Gasteiger partial charge < -0.3 is 9.26 Å². The Morgan fingerprint density at radius 2 is 1.84 bits per heavy atom. The molecule has 2 aromatic rings. The van der Waals surface area contributed by atoms with Gasteiger partial charge in [0.15, 0.2) is 0 Å². The second kappa shape index (κ2) is 8.06. The Balaban J connectivity index is 2.06. The molecule has 0 bridgehead atoms. The Bertz CT molecular complexity index is 798. The largest absolute Gasteiger partial charge is 0.464 e. The normalized spacial score (nSPS) is 15.4. The predicted molar refractivity (Wildman–Crippen MR) is 109 cm³/mol. The molecule has 2 atom stereocenters. The highest BCUT2D eigenvalue weighted by Crippen LogP contribution is 2.53. The van der Waals surface area contributed by atoms with E-state index in [0.29, 0.717) is 12.4 Å². The highest BCUT2D eigenvalue weighted by molar-refractivity contribution is 14.2. The highest BCUT2D eigenvalue weighted by Gasteiger charge is 2.28. The zero-order valence-electron chi connectivity index (χ0n) is 14.8. The first kappa shape index (κ1) is 20.2. The Morgan fingerprint density at radius 3 is 2.52 bits per heavy atom. The molecular formula is C18H23INO4P. The molecule has 0 aromatic heterocycles. The summed E-state index contributed by atoms with van der Waals surface area (Å²) >= 11 is 1.72. The van der Waals surface area contributed by atoms with Gasteiger partial charge in [-0.05, 0) is 23.8 Å². The molecule has 1 unspecified atom stereocenters. The van der Waals surface area contributed by atoms with E-state index in [1.165, 1.54) is 0 Å². The molecule has 7 heteroatoms. The van der Waals surface area contributed by atoms with Crippen molar-refractivity contribution in [3.05, 3.63) is 42.5 Å². The summed E-state index contributed by atoms with van der Waals surface area (Å²) in [5.74, 6) is 0.0620. The van der Waals surface area contributed by atoms with Gasteiger partial charge in [0.1, 0.15) is 11.8 Å². The molecular weight excluding hydrogens is 452 g/mol. The lowest BCUT2D eigenvalue weighted by atomic mass is 9.99. The van der Waals surface area contributed by atoms with Crippen LogP contribution in [0.1, 0.15) is 27.7 Å². The molecule has 2 aromatic carbocycles. The molecule has 25 heavy (non-hydrogen) atoms. The van der Waals surface area contributed by atoms with E-state index < -0.39 is 17.2 Å². The van der Waals surface area contributed by atoms with Gasteiger partial charge in [-0.15, -0.1) is 0 Å². The fourth-order valence-corrected chi connectivity index (χ4v) is 5.05. The van der Waals surface area contributed by atoms with Gasteiger partial charge in [-0.3, -0.25) is 4.79 Å². The van der Waals surface area contributed by atoms with Crippen molar-refractivity contribution in [2.45, 2.75) is 33.7 Å². The van der Waals surface area contributed by atoms with Gasteiger partial charge in [-0.25, -0.2) is 9.65 Å². The number of halogens is 1. The SMILES string of the molecule is C[C@H](NP(=O)(I)Oc1cccc2ccccc12)C(=O)OCC(C)(C)C. The lowest BCUT2D eigenvalue weighted by Gasteiger charge is -2.22. The molecule has 0 saturated heterocycles. The maximum Gasteiger partial charge on any atom is 0.374 e. The van der Waals surface area contributed by atoms with Crippen LogP contribution in [-0.4, -0.2) is 18.6 Å². The van der Waals surface area contributed by atoms with Crippen LogP contribution >= 0.6 is 27.2 Å². The topological polar surface area (TPSA) is 64.6 Å². The Kier molecular flexibility index (Phi) is 6.51. The standard InChI is InChI=1S/C18H23INO4P/c1-13(17(21)23-12-18(2,3)4)20-25(19,22)24-16-11-7-9-14-8-5-6-10-15(14)16/h5-11,13H,12H2,1-4H3,(H,20,22)/t13-,25?/m0/s1. The molecule has 1 N–H and O–H groups in total. The number of rotatable bonds is 6. The van der Waals surface area contributed by atoms with Crippen molar-refractivity contribution in [1.82, 2.24) is 5.09 Å². The summed E-state index contributed by atoms with van der Waals surface area (Å²) in [5, 5.41) is 1.34. The molecule has 0 heterocycles. The van der Waals surface area contributed by atoms with Crippen molar-refractivity contribution < 1.29 is 18.6 Å². The molecule has 0 spiro atoms. The van der Waals surface area contributed by atoms with Gasteiger partial charge in [0.25, 0.3) is 0 Å². The summed E-state index contributed by atoms with van der Waals surface area (Å²) in [4.78, 5) is 12.1. The predicted octanol–water partition coefficient (Wildman–Crippen LogP) is 5.33. The number of nitrogens with one attached hydrogen (secondary N) is 1. The van der Waals surface area contributed by atoms with Crippen molar-refractivity contribution in [3.63, 3.8) is 0 Å². The summed E-state index contributed by atoms with van der Waals surface area (Å²) in [6, 6.07) is 12.5. The molecule has 2 rings (SSSR count). The van der Waals surface area contributed by atoms with Gasteiger partial charge in [-0.1, -0.05) is 57.2 Å². The summed E-state index contributed by atoms with van der Waals surface area (Å²) in [6.07, 6.45) is 0. The Labute approximate surface area is 161 Å². The van der Waals surface area contributed by atoms with E-state index in [0.717, 1.165) is 10.8 Å². The smallest absolute Gasteiger partial charge is 0.374 e. The summed E-state index contributed by atoms with van der Waals surface area (Å²) in [6.45, 7) is 7.85. The van der Waals surface area contributed by atoms with Crippen molar-refractivity contribution in [2.75, 3.05) is 6.61 Å². The van der Waals surface area contributed by atoms with Gasteiger partial charge in [0, 0.05) is 5.39 Å². The number of ether oxygens (including phenoxy) is 1. The first-order valence-corrected chi connectivity index (χ1v) is 12.4. The van der Waals surface area contributed by atoms with Crippen LogP contribution in [0.15, 0.2) is 42.5 Å². The van der Waals surface area contributed by atoms with E-state index in [1.807, 2.05) is 57.2 Å². The van der Waals surface area contributed by atoms with Crippen LogP contribution in [0.3, 0.4) is 0 Å². The molecule has 0 amide bonds. The number of hydrogen-bond donors (Lipinski definition) is 1. The lowest BCUT2D eigenvalue weighted by Crippen LogP contribution is -2.34. The second-order valence-corrected chi connectivity index (χ2v) is 12.3. The minimum atomic E-state index is -3.27. The highest BCUT2D eigenvalue weighted by atomic mass is 127. The molecule has 5 nitrogen and oxygen atoms in total. The van der Waals surface area contributed by atoms with E-state index >= 15 is 0 Å². The molecule has 0 radical (unpaired) electrons. The molecule has 0 aliphatic carbocycles. The minimum absolute atomic E-state index is 0.122. The minimum Gasteiger partial charge on any atom is -0.464 e. The van der Waals surface area contributed by atoms with Crippen LogP contribution in [-0.2, 0) is 14.1 Å². The maximum absolute atomic E-state index is 12.8. The number of carbonyl (C=O) groups excluding carboxylic acids is 1. The summed E-state index contributed by atoms with van der Waals surface area (Å²) in [5.41, 5.74) is -0.122. The van der Waals surface area contributed by atoms with E-state index in [1.54, 1.807) is 35.0 Å². The van der Waals surface area contributed by atoms with Crippen molar-refractivity contribution in [2.24, 2.45) is 5.41 Å². The number of carbonyl (C=O) groups is 1. The number of esters is 1. The fraction of sp³-hybridized carbons (Fsp3) is 0.389. The third-order valence-corrected chi connectivity index (χ3v) is 5.87. The lowest BCUT2D eigenvalue weighted by molar-refractivity contribution is -0.147. The summed E-state index contributed by atoms with van der Waals surface area (Å²) < 4.78 is 23.7. The number of benzene rings is 2. The van der Waals surface area contributed by atoms with Gasteiger partial charge in [-0.2, -0.15) is 0 Å². The van der Waals surface area contributed by atoms with Gasteiger partial charge in [0.2, 0.25) is 0 Å². The fourth-order valence-electron chi connectivity index (χ4n) is 2.12. The van der Waals surface area contributed by atoms with Crippen molar-refractivity contribution in [3.8, 4) is 5.75 Å². The first-order chi connectivity index (χ1) is 11.6. The molecule has 0 aliphatic heterocycles. The summed E-state index contributed by atoms with van der Waals surface area (Å²) in [7, 11) is 0. The molecule has 0 fully saturated rings. The third-order valence-electron chi connectivity index (χ3n) is 3.31. The monoisotopic (exact) mass is 475 g/mol. The maximum atomic E-state index is 12.8. The quantitative estimate of drug-likeness (QED) is 0.348. The van der Waals surface area contributed by atoms with Crippen LogP contribution in [0, 0.1) is 5.41 Å². The van der Waals surface area contributed by atoms with Crippen LogP contribution in [0.2, 0.25) is 0 Å². The average Bonchev–Trinajstić information content (AvgIpc) is 2.51. The van der Waals surface area contributed by atoms with Crippen LogP contribution in [0.5, 0.6) is 5.75 Å².